The van der Waals surface area contributed by atoms with Crippen molar-refractivity contribution >= 4 is 23.1 Å². The minimum atomic E-state index is 0.627. The highest BCUT2D eigenvalue weighted by Gasteiger charge is 2.00. The summed E-state index contributed by atoms with van der Waals surface area (Å²) in [7, 11) is 0. The molecule has 1 rings (SSSR count). The van der Waals surface area contributed by atoms with Crippen molar-refractivity contribution in [2.75, 3.05) is 12.3 Å². The number of rotatable bonds is 4. The molecule has 1 nitrogen and oxygen atoms in total. The monoisotopic (exact) mass is 187 g/mol. The first-order valence-corrected chi connectivity index (χ1v) is 5.56. The zero-order valence-electron chi connectivity index (χ0n) is 6.62. The van der Waals surface area contributed by atoms with Gasteiger partial charge in [-0.15, -0.1) is 23.1 Å². The van der Waals surface area contributed by atoms with E-state index in [2.05, 4.69) is 24.4 Å². The van der Waals surface area contributed by atoms with Crippen molar-refractivity contribution in [1.29, 1.82) is 0 Å². The lowest BCUT2D eigenvalue weighted by molar-refractivity contribution is 0.676. The molecular weight excluding hydrogens is 174 g/mol. The highest BCUT2D eigenvalue weighted by Crippen LogP contribution is 2.24. The molecule has 3 heteroatoms. The molecule has 0 radical (unpaired) electrons. The van der Waals surface area contributed by atoms with Gasteiger partial charge >= 0.3 is 0 Å². The molecule has 0 aliphatic heterocycles. The molecule has 0 saturated heterocycles. The molecule has 0 aliphatic carbocycles. The Morgan fingerprint density at radius 2 is 2.55 bits per heavy atom. The van der Waals surface area contributed by atoms with Gasteiger partial charge in [-0.25, -0.2) is 0 Å². The summed E-state index contributed by atoms with van der Waals surface area (Å²) in [4.78, 5) is 0. The SMILES string of the molecule is CC(CN)CSc1cccs1. The van der Waals surface area contributed by atoms with Crippen LogP contribution in [0.3, 0.4) is 0 Å². The average Bonchev–Trinajstić information content (AvgIpc) is 2.52. The van der Waals surface area contributed by atoms with Crippen LogP contribution in [0.25, 0.3) is 0 Å². The summed E-state index contributed by atoms with van der Waals surface area (Å²) >= 11 is 3.70. The van der Waals surface area contributed by atoms with Gasteiger partial charge in [0.1, 0.15) is 0 Å². The number of nitrogens with two attached hydrogens (primary N) is 1. The van der Waals surface area contributed by atoms with Gasteiger partial charge in [0.2, 0.25) is 0 Å². The molecule has 0 aromatic carbocycles. The van der Waals surface area contributed by atoms with E-state index in [9.17, 15) is 0 Å². The zero-order chi connectivity index (χ0) is 8.10. The van der Waals surface area contributed by atoms with Gasteiger partial charge in [0.05, 0.1) is 4.21 Å². The standard InChI is InChI=1S/C8H13NS2/c1-7(5-9)6-11-8-3-2-4-10-8/h2-4,7H,5-6,9H2,1H3. The van der Waals surface area contributed by atoms with Crippen molar-refractivity contribution in [1.82, 2.24) is 0 Å². The van der Waals surface area contributed by atoms with Crippen LogP contribution in [0.4, 0.5) is 0 Å². The third-order valence-electron chi connectivity index (χ3n) is 1.41. The molecule has 0 bridgehead atoms. The molecule has 1 unspecified atom stereocenters. The van der Waals surface area contributed by atoms with E-state index < -0.39 is 0 Å². The highest BCUT2D eigenvalue weighted by molar-refractivity contribution is 8.01. The predicted molar refractivity (Wildman–Crippen MR) is 53.3 cm³/mol. The van der Waals surface area contributed by atoms with Crippen LogP contribution in [0.15, 0.2) is 21.7 Å². The first-order valence-electron chi connectivity index (χ1n) is 3.69. The fraction of sp³-hybridized carbons (Fsp3) is 0.500. The van der Waals surface area contributed by atoms with E-state index in [1.807, 2.05) is 11.8 Å². The third kappa shape index (κ3) is 3.27. The van der Waals surface area contributed by atoms with Crippen LogP contribution >= 0.6 is 23.1 Å². The Morgan fingerprint density at radius 3 is 3.09 bits per heavy atom. The first kappa shape index (κ1) is 9.10. The molecule has 0 fully saturated rings. The van der Waals surface area contributed by atoms with Gasteiger partial charge in [0.15, 0.2) is 0 Å². The van der Waals surface area contributed by atoms with E-state index >= 15 is 0 Å². The molecule has 2 N–H and O–H groups in total. The van der Waals surface area contributed by atoms with E-state index in [0.717, 1.165) is 12.3 Å². The van der Waals surface area contributed by atoms with Gasteiger partial charge in [0, 0.05) is 5.75 Å². The van der Waals surface area contributed by atoms with Crippen LogP contribution in [0, 0.1) is 5.92 Å². The van der Waals surface area contributed by atoms with Crippen molar-refractivity contribution in [3.05, 3.63) is 17.5 Å². The van der Waals surface area contributed by atoms with Crippen LogP contribution in [0.1, 0.15) is 6.92 Å². The maximum absolute atomic E-state index is 5.50. The van der Waals surface area contributed by atoms with Crippen molar-refractivity contribution in [3.8, 4) is 0 Å². The smallest absolute Gasteiger partial charge is 0.0598 e. The molecule has 0 amide bonds. The summed E-state index contributed by atoms with van der Waals surface area (Å²) < 4.78 is 1.39. The van der Waals surface area contributed by atoms with Gasteiger partial charge in [-0.05, 0) is 23.9 Å². The van der Waals surface area contributed by atoms with E-state index in [0.29, 0.717) is 5.92 Å². The molecule has 1 atom stereocenters. The Morgan fingerprint density at radius 1 is 1.73 bits per heavy atom. The Kier molecular flexibility index (Phi) is 3.97. The maximum Gasteiger partial charge on any atom is 0.0598 e. The molecule has 0 aliphatic rings. The lowest BCUT2D eigenvalue weighted by Gasteiger charge is -2.04. The molecule has 1 heterocycles. The fourth-order valence-corrected chi connectivity index (χ4v) is 2.49. The number of hydrogen-bond donors (Lipinski definition) is 1. The number of thioether (sulfide) groups is 1. The summed E-state index contributed by atoms with van der Waals surface area (Å²) in [6.07, 6.45) is 0. The minimum absolute atomic E-state index is 0.627. The molecule has 0 spiro atoms. The maximum atomic E-state index is 5.50. The molecule has 1 aromatic heterocycles. The predicted octanol–water partition coefficient (Wildman–Crippen LogP) is 2.44. The second-order valence-corrected chi connectivity index (χ2v) is 4.85. The Bertz CT molecular complexity index is 184. The van der Waals surface area contributed by atoms with E-state index in [1.54, 1.807) is 11.3 Å². The minimum Gasteiger partial charge on any atom is -0.330 e. The largest absolute Gasteiger partial charge is 0.330 e. The summed E-state index contributed by atoms with van der Waals surface area (Å²) in [5.41, 5.74) is 5.50. The van der Waals surface area contributed by atoms with Crippen molar-refractivity contribution in [3.63, 3.8) is 0 Å². The van der Waals surface area contributed by atoms with Gasteiger partial charge in [-0.1, -0.05) is 13.0 Å². The first-order chi connectivity index (χ1) is 5.33. The van der Waals surface area contributed by atoms with Gasteiger partial charge in [-0.3, -0.25) is 0 Å². The van der Waals surface area contributed by atoms with Crippen molar-refractivity contribution in [2.24, 2.45) is 11.7 Å². The van der Waals surface area contributed by atoms with Gasteiger partial charge in [-0.2, -0.15) is 0 Å². The van der Waals surface area contributed by atoms with Crippen LogP contribution in [-0.2, 0) is 0 Å². The molecule has 11 heavy (non-hydrogen) atoms. The average molecular weight is 187 g/mol. The lowest BCUT2D eigenvalue weighted by atomic mass is 10.2. The second kappa shape index (κ2) is 4.80. The van der Waals surface area contributed by atoms with Crippen LogP contribution in [0.5, 0.6) is 0 Å². The highest BCUT2D eigenvalue weighted by atomic mass is 32.2. The van der Waals surface area contributed by atoms with Crippen molar-refractivity contribution in [2.45, 2.75) is 11.1 Å². The summed E-state index contributed by atoms with van der Waals surface area (Å²) in [6.45, 7) is 2.97. The number of hydrogen-bond acceptors (Lipinski definition) is 3. The normalized spacial score (nSPS) is 13.3. The Labute approximate surface area is 76.0 Å². The van der Waals surface area contributed by atoms with Crippen LogP contribution in [0.2, 0.25) is 0 Å². The Balaban J connectivity index is 2.23. The molecule has 1 aromatic rings. The topological polar surface area (TPSA) is 26.0 Å². The second-order valence-electron chi connectivity index (χ2n) is 2.58. The quantitative estimate of drug-likeness (QED) is 0.733. The van der Waals surface area contributed by atoms with Gasteiger partial charge < -0.3 is 5.73 Å². The van der Waals surface area contributed by atoms with E-state index in [4.69, 9.17) is 5.73 Å². The summed E-state index contributed by atoms with van der Waals surface area (Å²) in [5.74, 6) is 1.76. The Hall–Kier alpha value is 0.01000. The van der Waals surface area contributed by atoms with E-state index in [-0.39, 0.29) is 0 Å². The van der Waals surface area contributed by atoms with E-state index in [1.165, 1.54) is 4.21 Å². The summed E-state index contributed by atoms with van der Waals surface area (Å²) in [5, 5.41) is 2.11. The van der Waals surface area contributed by atoms with Crippen LogP contribution in [-0.4, -0.2) is 12.3 Å². The molecule has 62 valence electrons. The van der Waals surface area contributed by atoms with Crippen molar-refractivity contribution < 1.29 is 0 Å². The van der Waals surface area contributed by atoms with Gasteiger partial charge in [0.25, 0.3) is 0 Å². The summed E-state index contributed by atoms with van der Waals surface area (Å²) in [6, 6.07) is 4.23. The molecule has 0 saturated carbocycles. The zero-order valence-corrected chi connectivity index (χ0v) is 8.25. The third-order valence-corrected chi connectivity index (χ3v) is 3.87. The lowest BCUT2D eigenvalue weighted by Crippen LogP contribution is -2.12. The van der Waals surface area contributed by atoms with Crippen LogP contribution < -0.4 is 5.73 Å². The molecular formula is C8H13NS2. The number of thiophene rings is 1. The fourth-order valence-electron chi connectivity index (χ4n) is 0.638.